The van der Waals surface area contributed by atoms with Gasteiger partial charge in [-0.2, -0.15) is 0 Å². The van der Waals surface area contributed by atoms with E-state index in [4.69, 9.17) is 18.9 Å². The smallest absolute Gasteiger partial charge is 0.255 e. The largest absolute Gasteiger partial charge is 0.486 e. The third-order valence-electron chi connectivity index (χ3n) is 4.47. The number of fused-ring (bicyclic) bond motifs is 2. The van der Waals surface area contributed by atoms with E-state index in [9.17, 15) is 4.79 Å². The molecule has 0 spiro atoms. The van der Waals surface area contributed by atoms with Crippen LogP contribution in [0.25, 0.3) is 0 Å². The minimum Gasteiger partial charge on any atom is -0.486 e. The summed E-state index contributed by atoms with van der Waals surface area (Å²) in [5.74, 6) is 2.96. The van der Waals surface area contributed by atoms with E-state index in [2.05, 4.69) is 15.6 Å². The van der Waals surface area contributed by atoms with Gasteiger partial charge >= 0.3 is 0 Å². The van der Waals surface area contributed by atoms with Crippen LogP contribution in [0, 0.1) is 0 Å². The number of nitrogens with one attached hydrogen (secondary N) is 2. The minimum absolute atomic E-state index is 0.186. The van der Waals surface area contributed by atoms with E-state index in [0.29, 0.717) is 53.3 Å². The van der Waals surface area contributed by atoms with Gasteiger partial charge < -0.3 is 29.6 Å². The first-order valence-corrected chi connectivity index (χ1v) is 9.08. The Hall–Kier alpha value is -3.94. The molecule has 1 amide bonds. The van der Waals surface area contributed by atoms with Gasteiger partial charge in [0.15, 0.2) is 23.0 Å². The lowest BCUT2D eigenvalue weighted by atomic mass is 10.2. The highest BCUT2D eigenvalue weighted by atomic mass is 16.7. The summed E-state index contributed by atoms with van der Waals surface area (Å²) in [6.45, 7) is 1.25. The second-order valence-corrected chi connectivity index (χ2v) is 6.44. The number of pyridine rings is 1. The van der Waals surface area contributed by atoms with Crippen molar-refractivity contribution in [1.82, 2.24) is 4.98 Å². The first-order valence-electron chi connectivity index (χ1n) is 9.08. The van der Waals surface area contributed by atoms with Gasteiger partial charge in [-0.3, -0.25) is 4.79 Å². The Kier molecular flexibility index (Phi) is 4.28. The highest BCUT2D eigenvalue weighted by Gasteiger charge is 2.15. The molecule has 1 aromatic heterocycles. The van der Waals surface area contributed by atoms with Gasteiger partial charge in [-0.25, -0.2) is 4.98 Å². The van der Waals surface area contributed by atoms with Crippen molar-refractivity contribution < 1.29 is 23.7 Å². The normalized spacial score (nSPS) is 13.7. The molecule has 0 atom stereocenters. The highest BCUT2D eigenvalue weighted by molar-refractivity contribution is 6.04. The second-order valence-electron chi connectivity index (χ2n) is 6.44. The van der Waals surface area contributed by atoms with Crippen LogP contribution < -0.4 is 29.6 Å². The van der Waals surface area contributed by atoms with Gasteiger partial charge in [0, 0.05) is 35.3 Å². The van der Waals surface area contributed by atoms with Gasteiger partial charge in [0.05, 0.1) is 0 Å². The lowest BCUT2D eigenvalue weighted by Gasteiger charge is -2.19. The maximum absolute atomic E-state index is 12.6. The van der Waals surface area contributed by atoms with Gasteiger partial charge in [0.1, 0.15) is 19.0 Å². The van der Waals surface area contributed by atoms with Gasteiger partial charge in [0.25, 0.3) is 5.91 Å². The standard InChI is InChI=1S/C21H17N3O5/c25-21(24-15-2-4-17-19(11-15)29-12-28-17)13-5-6-22-20(9-13)23-14-1-3-16-18(10-14)27-8-7-26-16/h1-6,9-11H,7-8,12H2,(H,22,23)(H,24,25). The van der Waals surface area contributed by atoms with Crippen molar-refractivity contribution in [2.45, 2.75) is 0 Å². The van der Waals surface area contributed by atoms with Crippen molar-refractivity contribution in [3.63, 3.8) is 0 Å². The molecule has 0 bridgehead atoms. The van der Waals surface area contributed by atoms with E-state index >= 15 is 0 Å². The topological polar surface area (TPSA) is 90.9 Å². The van der Waals surface area contributed by atoms with Crippen LogP contribution in [0.2, 0.25) is 0 Å². The lowest BCUT2D eigenvalue weighted by molar-refractivity contribution is 0.102. The number of aromatic nitrogens is 1. The molecule has 2 aliphatic rings. The lowest BCUT2D eigenvalue weighted by Crippen LogP contribution is -2.15. The summed E-state index contributed by atoms with van der Waals surface area (Å²) in [7, 11) is 0. The maximum atomic E-state index is 12.6. The number of carbonyl (C=O) groups excluding carboxylic acids is 1. The highest BCUT2D eigenvalue weighted by Crippen LogP contribution is 2.35. The number of amides is 1. The van der Waals surface area contributed by atoms with Crippen LogP contribution in [-0.2, 0) is 0 Å². The monoisotopic (exact) mass is 391 g/mol. The van der Waals surface area contributed by atoms with Crippen molar-refractivity contribution in [3.05, 3.63) is 60.3 Å². The predicted octanol–water partition coefficient (Wildman–Crippen LogP) is 3.58. The summed E-state index contributed by atoms with van der Waals surface area (Å²) in [5.41, 5.74) is 1.88. The molecule has 2 aromatic carbocycles. The Labute approximate surface area is 166 Å². The summed E-state index contributed by atoms with van der Waals surface area (Å²) in [6, 6.07) is 14.1. The molecule has 0 saturated carbocycles. The van der Waals surface area contributed by atoms with E-state index in [-0.39, 0.29) is 12.7 Å². The fraction of sp³-hybridized carbons (Fsp3) is 0.143. The zero-order valence-electron chi connectivity index (χ0n) is 15.3. The Morgan fingerprint density at radius 1 is 0.793 bits per heavy atom. The SMILES string of the molecule is O=C(Nc1ccc2c(c1)OCO2)c1ccnc(Nc2ccc3c(c2)OCCO3)c1. The number of hydrogen-bond acceptors (Lipinski definition) is 7. The van der Waals surface area contributed by atoms with Crippen molar-refractivity contribution >= 4 is 23.1 Å². The molecular weight excluding hydrogens is 374 g/mol. The Morgan fingerprint density at radius 2 is 1.48 bits per heavy atom. The number of carbonyl (C=O) groups is 1. The Balaban J connectivity index is 1.31. The van der Waals surface area contributed by atoms with Crippen LogP contribution in [0.1, 0.15) is 10.4 Å². The van der Waals surface area contributed by atoms with Gasteiger partial charge in [-0.05, 0) is 36.4 Å². The minimum atomic E-state index is -0.253. The molecule has 8 heteroatoms. The van der Waals surface area contributed by atoms with E-state index in [1.54, 1.807) is 36.5 Å². The third kappa shape index (κ3) is 3.60. The van der Waals surface area contributed by atoms with Gasteiger partial charge in [0.2, 0.25) is 6.79 Å². The molecule has 8 nitrogen and oxygen atoms in total. The fourth-order valence-electron chi connectivity index (χ4n) is 3.09. The zero-order valence-corrected chi connectivity index (χ0v) is 15.3. The van der Waals surface area contributed by atoms with Crippen molar-refractivity contribution in [3.8, 4) is 23.0 Å². The molecule has 3 aromatic rings. The third-order valence-corrected chi connectivity index (χ3v) is 4.47. The summed E-state index contributed by atoms with van der Waals surface area (Å²) in [6.07, 6.45) is 1.58. The summed E-state index contributed by atoms with van der Waals surface area (Å²) in [4.78, 5) is 16.9. The maximum Gasteiger partial charge on any atom is 0.255 e. The molecule has 0 unspecified atom stereocenters. The molecule has 5 rings (SSSR count). The van der Waals surface area contributed by atoms with Gasteiger partial charge in [-0.15, -0.1) is 0 Å². The summed E-state index contributed by atoms with van der Waals surface area (Å²) in [5, 5.41) is 6.04. The molecule has 3 heterocycles. The fourth-order valence-corrected chi connectivity index (χ4v) is 3.09. The number of anilines is 3. The molecule has 0 fully saturated rings. The van der Waals surface area contributed by atoms with Crippen LogP contribution in [-0.4, -0.2) is 30.9 Å². The van der Waals surface area contributed by atoms with Crippen molar-refractivity contribution in [2.75, 3.05) is 30.6 Å². The summed E-state index contributed by atoms with van der Waals surface area (Å²) >= 11 is 0. The molecule has 0 aliphatic carbocycles. The van der Waals surface area contributed by atoms with Crippen LogP contribution >= 0.6 is 0 Å². The number of nitrogens with zero attached hydrogens (tertiary/aromatic N) is 1. The Morgan fingerprint density at radius 3 is 2.38 bits per heavy atom. The van der Waals surface area contributed by atoms with Crippen molar-refractivity contribution in [2.24, 2.45) is 0 Å². The molecule has 0 saturated heterocycles. The van der Waals surface area contributed by atoms with Crippen LogP contribution in [0.5, 0.6) is 23.0 Å². The predicted molar refractivity (Wildman–Crippen MR) is 105 cm³/mol. The van der Waals surface area contributed by atoms with Crippen LogP contribution in [0.3, 0.4) is 0 Å². The molecule has 0 radical (unpaired) electrons. The molecule has 146 valence electrons. The van der Waals surface area contributed by atoms with E-state index in [1.807, 2.05) is 18.2 Å². The number of rotatable bonds is 4. The first kappa shape index (κ1) is 17.2. The van der Waals surface area contributed by atoms with Gasteiger partial charge in [-0.1, -0.05) is 0 Å². The van der Waals surface area contributed by atoms with E-state index < -0.39 is 0 Å². The Bertz CT molecular complexity index is 1090. The number of benzene rings is 2. The van der Waals surface area contributed by atoms with E-state index in [0.717, 1.165) is 5.69 Å². The molecule has 2 N–H and O–H groups in total. The molecule has 29 heavy (non-hydrogen) atoms. The summed E-state index contributed by atoms with van der Waals surface area (Å²) < 4.78 is 21.7. The first-order chi connectivity index (χ1) is 14.2. The quantitative estimate of drug-likeness (QED) is 0.702. The average Bonchev–Trinajstić information content (AvgIpc) is 3.22. The second kappa shape index (κ2) is 7.23. The number of hydrogen-bond donors (Lipinski definition) is 2. The van der Waals surface area contributed by atoms with E-state index in [1.165, 1.54) is 0 Å². The average molecular weight is 391 g/mol. The van der Waals surface area contributed by atoms with Crippen LogP contribution in [0.4, 0.5) is 17.2 Å². The molecule has 2 aliphatic heterocycles. The molecular formula is C21H17N3O5. The zero-order chi connectivity index (χ0) is 19.6. The van der Waals surface area contributed by atoms with Crippen LogP contribution in [0.15, 0.2) is 54.7 Å². The number of ether oxygens (including phenoxy) is 4. The van der Waals surface area contributed by atoms with Crippen molar-refractivity contribution in [1.29, 1.82) is 0 Å².